The monoisotopic (exact) mass is 271 g/mol. The van der Waals surface area contributed by atoms with Crippen LogP contribution < -0.4 is 10.6 Å². The molecule has 1 aliphatic carbocycles. The molecular weight excluding hydrogens is 254 g/mol. The van der Waals surface area contributed by atoms with Crippen LogP contribution in [-0.4, -0.2) is 27.6 Å². The highest BCUT2D eigenvalue weighted by molar-refractivity contribution is 5.80. The molecule has 6 nitrogen and oxygen atoms in total. The zero-order chi connectivity index (χ0) is 13.8. The first-order valence-corrected chi connectivity index (χ1v) is 6.78. The molecular formula is C14H17N5O. The number of amides is 1. The van der Waals surface area contributed by atoms with Crippen LogP contribution in [0.25, 0.3) is 0 Å². The maximum atomic E-state index is 11.8. The van der Waals surface area contributed by atoms with Crippen LogP contribution in [0, 0.1) is 0 Å². The van der Waals surface area contributed by atoms with Crippen molar-refractivity contribution in [3.63, 3.8) is 0 Å². The average Bonchev–Trinajstić information content (AvgIpc) is 3.07. The van der Waals surface area contributed by atoms with E-state index < -0.39 is 0 Å². The molecule has 1 aliphatic rings. The summed E-state index contributed by atoms with van der Waals surface area (Å²) in [4.78, 5) is 15.8. The van der Waals surface area contributed by atoms with Gasteiger partial charge in [0.25, 0.3) is 0 Å². The van der Waals surface area contributed by atoms with Crippen molar-refractivity contribution in [3.05, 3.63) is 41.5 Å². The number of nitrogens with one attached hydrogen (secondary N) is 3. The number of hydrogen-bond donors (Lipinski definition) is 3. The highest BCUT2D eigenvalue weighted by Crippen LogP contribution is 2.22. The van der Waals surface area contributed by atoms with Gasteiger partial charge in [-0.15, -0.1) is 0 Å². The molecule has 0 atom stereocenters. The molecule has 0 saturated carbocycles. The van der Waals surface area contributed by atoms with Crippen molar-refractivity contribution in [2.75, 3.05) is 11.9 Å². The zero-order valence-corrected chi connectivity index (χ0v) is 11.1. The fourth-order valence-corrected chi connectivity index (χ4v) is 2.43. The second-order valence-corrected chi connectivity index (χ2v) is 4.85. The van der Waals surface area contributed by atoms with Crippen LogP contribution in [0.15, 0.2) is 24.5 Å². The molecule has 2 aromatic rings. The molecule has 0 spiro atoms. The molecule has 2 aromatic heterocycles. The van der Waals surface area contributed by atoms with Crippen molar-refractivity contribution in [1.29, 1.82) is 0 Å². The molecule has 3 N–H and O–H groups in total. The number of aromatic nitrogens is 3. The summed E-state index contributed by atoms with van der Waals surface area (Å²) in [6.45, 7) is 0.720. The highest BCUT2D eigenvalue weighted by atomic mass is 16.1. The highest BCUT2D eigenvalue weighted by Gasteiger charge is 2.18. The van der Waals surface area contributed by atoms with Crippen molar-refractivity contribution < 1.29 is 4.79 Å². The molecule has 3 rings (SSSR count). The van der Waals surface area contributed by atoms with Gasteiger partial charge < -0.3 is 10.6 Å². The number of hydrogen-bond acceptors (Lipinski definition) is 4. The van der Waals surface area contributed by atoms with Crippen molar-refractivity contribution in [1.82, 2.24) is 20.5 Å². The van der Waals surface area contributed by atoms with Crippen LogP contribution in [0.4, 0.5) is 5.69 Å². The van der Waals surface area contributed by atoms with E-state index in [-0.39, 0.29) is 12.5 Å². The second-order valence-electron chi connectivity index (χ2n) is 4.85. The number of carbonyl (C=O) groups is 1. The van der Waals surface area contributed by atoms with Crippen molar-refractivity contribution in [2.24, 2.45) is 0 Å². The van der Waals surface area contributed by atoms with Gasteiger partial charge in [-0.2, -0.15) is 5.10 Å². The maximum absolute atomic E-state index is 11.8. The van der Waals surface area contributed by atoms with E-state index >= 15 is 0 Å². The van der Waals surface area contributed by atoms with Crippen LogP contribution >= 0.6 is 0 Å². The predicted octanol–water partition coefficient (Wildman–Crippen LogP) is 1.02. The van der Waals surface area contributed by atoms with Gasteiger partial charge in [0, 0.05) is 18.1 Å². The second kappa shape index (κ2) is 5.73. The van der Waals surface area contributed by atoms with Gasteiger partial charge in [-0.1, -0.05) is 0 Å². The fourth-order valence-electron chi connectivity index (χ4n) is 2.43. The van der Waals surface area contributed by atoms with Gasteiger partial charge in [0.05, 0.1) is 24.5 Å². The molecule has 0 saturated heterocycles. The SMILES string of the molecule is O=C(CNc1cccnc1)NCc1n[nH]c2c1CCC2. The lowest BCUT2D eigenvalue weighted by Gasteiger charge is -2.06. The molecule has 1 amide bonds. The number of carbonyl (C=O) groups excluding carboxylic acids is 1. The first-order valence-electron chi connectivity index (χ1n) is 6.78. The number of H-pyrrole nitrogens is 1. The molecule has 0 bridgehead atoms. The average molecular weight is 271 g/mol. The number of rotatable bonds is 5. The van der Waals surface area contributed by atoms with Crippen LogP contribution in [0.3, 0.4) is 0 Å². The van der Waals surface area contributed by atoms with Crippen LogP contribution in [0.1, 0.15) is 23.4 Å². The Balaban J connectivity index is 1.47. The molecule has 6 heteroatoms. The van der Waals surface area contributed by atoms with E-state index in [4.69, 9.17) is 0 Å². The number of nitrogens with zero attached hydrogens (tertiary/aromatic N) is 2. The Hall–Kier alpha value is -2.37. The van der Waals surface area contributed by atoms with E-state index in [0.29, 0.717) is 6.54 Å². The van der Waals surface area contributed by atoms with Gasteiger partial charge >= 0.3 is 0 Å². The van der Waals surface area contributed by atoms with Gasteiger partial charge in [-0.05, 0) is 37.0 Å². The summed E-state index contributed by atoms with van der Waals surface area (Å²) < 4.78 is 0. The quantitative estimate of drug-likeness (QED) is 0.758. The molecule has 0 radical (unpaired) electrons. The smallest absolute Gasteiger partial charge is 0.239 e. The molecule has 0 aromatic carbocycles. The Kier molecular flexibility index (Phi) is 3.62. The fraction of sp³-hybridized carbons (Fsp3) is 0.357. The normalized spacial score (nSPS) is 13.0. The third-order valence-corrected chi connectivity index (χ3v) is 3.46. The standard InChI is InChI=1S/C14H17N5O/c20-14(9-16-10-3-2-6-15-7-10)17-8-13-11-4-1-5-12(11)18-19-13/h2-3,6-7,16H,1,4-5,8-9H2,(H,17,20)(H,18,19). The minimum atomic E-state index is -0.0522. The van der Waals surface area contributed by atoms with Gasteiger partial charge in [0.1, 0.15) is 0 Å². The molecule has 2 heterocycles. The molecule has 104 valence electrons. The summed E-state index contributed by atoms with van der Waals surface area (Å²) in [6.07, 6.45) is 6.69. The molecule has 0 unspecified atom stereocenters. The van der Waals surface area contributed by atoms with Crippen LogP contribution in [-0.2, 0) is 24.2 Å². The van der Waals surface area contributed by atoms with E-state index in [0.717, 1.165) is 24.2 Å². The Morgan fingerprint density at radius 3 is 3.20 bits per heavy atom. The summed E-state index contributed by atoms with van der Waals surface area (Å²) >= 11 is 0. The summed E-state index contributed by atoms with van der Waals surface area (Å²) in [7, 11) is 0. The van der Waals surface area contributed by atoms with Crippen LogP contribution in [0.5, 0.6) is 0 Å². The minimum absolute atomic E-state index is 0.0522. The first kappa shape index (κ1) is 12.7. The topological polar surface area (TPSA) is 82.7 Å². The lowest BCUT2D eigenvalue weighted by molar-refractivity contribution is -0.119. The van der Waals surface area contributed by atoms with Crippen molar-refractivity contribution in [3.8, 4) is 0 Å². The lowest BCUT2D eigenvalue weighted by Crippen LogP contribution is -2.29. The Morgan fingerprint density at radius 1 is 1.40 bits per heavy atom. The Bertz CT molecular complexity index is 593. The van der Waals surface area contributed by atoms with E-state index in [1.54, 1.807) is 12.4 Å². The predicted molar refractivity (Wildman–Crippen MR) is 75.2 cm³/mol. The van der Waals surface area contributed by atoms with E-state index in [9.17, 15) is 4.79 Å². The number of aromatic amines is 1. The van der Waals surface area contributed by atoms with Crippen LogP contribution in [0.2, 0.25) is 0 Å². The largest absolute Gasteiger partial charge is 0.375 e. The Labute approximate surface area is 117 Å². The lowest BCUT2D eigenvalue weighted by atomic mass is 10.2. The van der Waals surface area contributed by atoms with E-state index in [1.807, 2.05) is 12.1 Å². The van der Waals surface area contributed by atoms with Gasteiger partial charge in [0.2, 0.25) is 5.91 Å². The molecule has 0 aliphatic heterocycles. The third kappa shape index (κ3) is 2.79. The zero-order valence-electron chi connectivity index (χ0n) is 11.1. The van der Waals surface area contributed by atoms with E-state index in [2.05, 4.69) is 25.8 Å². The number of pyridine rings is 1. The number of anilines is 1. The summed E-state index contributed by atoms with van der Waals surface area (Å²) in [5.74, 6) is -0.0522. The van der Waals surface area contributed by atoms with Crippen molar-refractivity contribution >= 4 is 11.6 Å². The third-order valence-electron chi connectivity index (χ3n) is 3.46. The van der Waals surface area contributed by atoms with E-state index in [1.165, 1.54) is 17.7 Å². The molecule has 20 heavy (non-hydrogen) atoms. The van der Waals surface area contributed by atoms with Crippen molar-refractivity contribution in [2.45, 2.75) is 25.8 Å². The Morgan fingerprint density at radius 2 is 2.35 bits per heavy atom. The molecule has 0 fully saturated rings. The minimum Gasteiger partial charge on any atom is -0.375 e. The summed E-state index contributed by atoms with van der Waals surface area (Å²) in [6, 6.07) is 3.70. The van der Waals surface area contributed by atoms with Gasteiger partial charge in [-0.3, -0.25) is 14.9 Å². The first-order chi connectivity index (χ1) is 9.83. The maximum Gasteiger partial charge on any atom is 0.239 e. The number of aryl methyl sites for hydroxylation is 1. The summed E-state index contributed by atoms with van der Waals surface area (Å²) in [5, 5.41) is 13.2. The number of fused-ring (bicyclic) bond motifs is 1. The summed E-state index contributed by atoms with van der Waals surface area (Å²) in [5.41, 5.74) is 4.31. The van der Waals surface area contributed by atoms with Gasteiger partial charge in [-0.25, -0.2) is 0 Å². The van der Waals surface area contributed by atoms with Gasteiger partial charge in [0.15, 0.2) is 0 Å².